The molecule has 2 rings (SSSR count). The van der Waals surface area contributed by atoms with Gasteiger partial charge in [0, 0.05) is 10.4 Å². The van der Waals surface area contributed by atoms with Crippen molar-refractivity contribution in [2.75, 3.05) is 0 Å². The molecule has 4 heteroatoms. The molecule has 18 heavy (non-hydrogen) atoms. The van der Waals surface area contributed by atoms with Crippen LogP contribution in [0.5, 0.6) is 11.5 Å². The Labute approximate surface area is 119 Å². The third-order valence-electron chi connectivity index (χ3n) is 2.58. The highest BCUT2D eigenvalue weighted by atomic mass is 79.9. The van der Waals surface area contributed by atoms with Crippen LogP contribution in [-0.4, -0.2) is 0 Å². The fourth-order valence-corrected chi connectivity index (χ4v) is 2.20. The largest absolute Gasteiger partial charge is 0.454 e. The first-order valence-corrected chi connectivity index (χ1v) is 6.71. The fourth-order valence-electron chi connectivity index (χ4n) is 1.56. The van der Waals surface area contributed by atoms with Crippen LogP contribution in [0.3, 0.4) is 0 Å². The van der Waals surface area contributed by atoms with Crippen molar-refractivity contribution in [1.29, 1.82) is 0 Å². The molecule has 2 aromatic carbocycles. The van der Waals surface area contributed by atoms with Gasteiger partial charge in [0.2, 0.25) is 0 Å². The highest BCUT2D eigenvalue weighted by molar-refractivity contribution is 9.10. The van der Waals surface area contributed by atoms with E-state index in [9.17, 15) is 4.39 Å². The zero-order valence-electron chi connectivity index (χ0n) is 9.71. The van der Waals surface area contributed by atoms with Crippen LogP contribution in [0.25, 0.3) is 0 Å². The van der Waals surface area contributed by atoms with Crippen LogP contribution in [0.2, 0.25) is 0 Å². The molecule has 0 fully saturated rings. The number of hydrogen-bond donors (Lipinski definition) is 0. The smallest absolute Gasteiger partial charge is 0.165 e. The van der Waals surface area contributed by atoms with Crippen molar-refractivity contribution < 1.29 is 9.13 Å². The van der Waals surface area contributed by atoms with Crippen LogP contribution >= 0.6 is 27.5 Å². The standard InChI is InChI=1S/C14H11BrClFO/c1-9-6-12(4-2-10(9)8-16)18-14-7-11(15)3-5-13(14)17/h2-7H,8H2,1H3. The Hall–Kier alpha value is -1.06. The molecule has 0 atom stereocenters. The van der Waals surface area contributed by atoms with E-state index in [1.165, 1.54) is 6.07 Å². The van der Waals surface area contributed by atoms with E-state index in [-0.39, 0.29) is 5.75 Å². The van der Waals surface area contributed by atoms with Crippen LogP contribution in [-0.2, 0) is 5.88 Å². The molecule has 1 nitrogen and oxygen atoms in total. The van der Waals surface area contributed by atoms with Gasteiger partial charge in [0.1, 0.15) is 5.75 Å². The number of aryl methyl sites for hydroxylation is 1. The van der Waals surface area contributed by atoms with E-state index in [0.717, 1.165) is 15.6 Å². The molecular formula is C14H11BrClFO. The van der Waals surface area contributed by atoms with Gasteiger partial charge in [-0.05, 0) is 48.4 Å². The summed E-state index contributed by atoms with van der Waals surface area (Å²) in [6.45, 7) is 1.95. The van der Waals surface area contributed by atoms with Crippen molar-refractivity contribution in [1.82, 2.24) is 0 Å². The Morgan fingerprint density at radius 2 is 2.00 bits per heavy atom. The molecule has 94 valence electrons. The van der Waals surface area contributed by atoms with Crippen molar-refractivity contribution >= 4 is 27.5 Å². The molecule has 0 N–H and O–H groups in total. The second-order valence-corrected chi connectivity index (χ2v) is 5.08. The molecule has 0 aromatic heterocycles. The van der Waals surface area contributed by atoms with Crippen LogP contribution in [0, 0.1) is 12.7 Å². The van der Waals surface area contributed by atoms with E-state index in [0.29, 0.717) is 11.6 Å². The maximum atomic E-state index is 13.5. The predicted octanol–water partition coefficient (Wildman–Crippen LogP) is 5.43. The van der Waals surface area contributed by atoms with E-state index < -0.39 is 5.82 Å². The average Bonchev–Trinajstić information content (AvgIpc) is 2.34. The van der Waals surface area contributed by atoms with Gasteiger partial charge < -0.3 is 4.74 Å². The van der Waals surface area contributed by atoms with Gasteiger partial charge in [-0.15, -0.1) is 11.6 Å². The maximum absolute atomic E-state index is 13.5. The summed E-state index contributed by atoms with van der Waals surface area (Å²) in [7, 11) is 0. The highest BCUT2D eigenvalue weighted by Crippen LogP contribution is 2.28. The molecule has 0 saturated heterocycles. The van der Waals surface area contributed by atoms with Gasteiger partial charge in [-0.25, -0.2) is 4.39 Å². The topological polar surface area (TPSA) is 9.23 Å². The van der Waals surface area contributed by atoms with Gasteiger partial charge in [-0.1, -0.05) is 22.0 Å². The molecule has 0 radical (unpaired) electrons. The number of hydrogen-bond acceptors (Lipinski definition) is 1. The molecule has 0 unspecified atom stereocenters. The second-order valence-electron chi connectivity index (χ2n) is 3.90. The van der Waals surface area contributed by atoms with Crippen molar-refractivity contribution in [2.45, 2.75) is 12.8 Å². The fraction of sp³-hybridized carbons (Fsp3) is 0.143. The van der Waals surface area contributed by atoms with E-state index in [2.05, 4.69) is 15.9 Å². The van der Waals surface area contributed by atoms with Crippen molar-refractivity contribution in [3.63, 3.8) is 0 Å². The van der Waals surface area contributed by atoms with Crippen LogP contribution in [0.1, 0.15) is 11.1 Å². The van der Waals surface area contributed by atoms with Crippen LogP contribution in [0.15, 0.2) is 40.9 Å². The summed E-state index contributed by atoms with van der Waals surface area (Å²) in [6.07, 6.45) is 0. The minimum absolute atomic E-state index is 0.197. The Morgan fingerprint density at radius 3 is 2.67 bits per heavy atom. The lowest BCUT2D eigenvalue weighted by atomic mass is 10.1. The SMILES string of the molecule is Cc1cc(Oc2cc(Br)ccc2F)ccc1CCl. The zero-order valence-corrected chi connectivity index (χ0v) is 12.1. The number of rotatable bonds is 3. The summed E-state index contributed by atoms with van der Waals surface area (Å²) >= 11 is 9.07. The van der Waals surface area contributed by atoms with Gasteiger partial charge in [0.25, 0.3) is 0 Å². The Morgan fingerprint density at radius 1 is 1.22 bits per heavy atom. The summed E-state index contributed by atoms with van der Waals surface area (Å²) in [5.41, 5.74) is 2.07. The van der Waals surface area contributed by atoms with Gasteiger partial charge in [0.05, 0.1) is 0 Å². The van der Waals surface area contributed by atoms with E-state index in [1.54, 1.807) is 18.2 Å². The molecule has 2 aromatic rings. The number of halogens is 3. The van der Waals surface area contributed by atoms with Crippen molar-refractivity contribution in [2.24, 2.45) is 0 Å². The van der Waals surface area contributed by atoms with Crippen LogP contribution in [0.4, 0.5) is 4.39 Å². The first kappa shape index (κ1) is 13.4. The predicted molar refractivity (Wildman–Crippen MR) is 74.9 cm³/mol. The molecular weight excluding hydrogens is 319 g/mol. The summed E-state index contributed by atoms with van der Waals surface area (Å²) < 4.78 is 19.8. The normalized spacial score (nSPS) is 10.4. The van der Waals surface area contributed by atoms with E-state index >= 15 is 0 Å². The lowest BCUT2D eigenvalue weighted by Crippen LogP contribution is -1.91. The number of alkyl halides is 1. The first-order chi connectivity index (χ1) is 8.60. The summed E-state index contributed by atoms with van der Waals surface area (Å²) in [5, 5.41) is 0. The quantitative estimate of drug-likeness (QED) is 0.682. The second kappa shape index (κ2) is 5.72. The van der Waals surface area contributed by atoms with Crippen molar-refractivity contribution in [3.05, 3.63) is 57.8 Å². The minimum Gasteiger partial charge on any atom is -0.454 e. The summed E-state index contributed by atoms with van der Waals surface area (Å²) in [6, 6.07) is 10.1. The van der Waals surface area contributed by atoms with E-state index in [1.807, 2.05) is 19.1 Å². The third kappa shape index (κ3) is 3.03. The monoisotopic (exact) mass is 328 g/mol. The number of ether oxygens (including phenoxy) is 1. The first-order valence-electron chi connectivity index (χ1n) is 5.38. The lowest BCUT2D eigenvalue weighted by molar-refractivity contribution is 0.441. The Balaban J connectivity index is 2.28. The Bertz CT molecular complexity index is 572. The maximum Gasteiger partial charge on any atom is 0.165 e. The molecule has 0 aliphatic carbocycles. The van der Waals surface area contributed by atoms with Gasteiger partial charge >= 0.3 is 0 Å². The molecule has 0 heterocycles. The van der Waals surface area contributed by atoms with Gasteiger partial charge in [-0.2, -0.15) is 0 Å². The van der Waals surface area contributed by atoms with Gasteiger partial charge in [0.15, 0.2) is 11.6 Å². The zero-order chi connectivity index (χ0) is 13.1. The molecule has 0 spiro atoms. The molecule has 0 saturated carbocycles. The Kier molecular flexibility index (Phi) is 4.25. The van der Waals surface area contributed by atoms with E-state index in [4.69, 9.17) is 16.3 Å². The number of benzene rings is 2. The molecule has 0 amide bonds. The van der Waals surface area contributed by atoms with Gasteiger partial charge in [-0.3, -0.25) is 0 Å². The molecule has 0 aliphatic heterocycles. The van der Waals surface area contributed by atoms with Crippen LogP contribution < -0.4 is 4.74 Å². The third-order valence-corrected chi connectivity index (χ3v) is 3.36. The average molecular weight is 330 g/mol. The minimum atomic E-state index is -0.391. The molecule has 0 bridgehead atoms. The lowest BCUT2D eigenvalue weighted by Gasteiger charge is -2.09. The summed E-state index contributed by atoms with van der Waals surface area (Å²) in [4.78, 5) is 0. The molecule has 0 aliphatic rings. The summed E-state index contributed by atoms with van der Waals surface area (Å²) in [5.74, 6) is 0.857. The highest BCUT2D eigenvalue weighted by Gasteiger charge is 2.06. The van der Waals surface area contributed by atoms with Crippen molar-refractivity contribution in [3.8, 4) is 11.5 Å².